The van der Waals surface area contributed by atoms with Gasteiger partial charge in [0.2, 0.25) is 0 Å². The molecule has 0 saturated heterocycles. The molecule has 1 atom stereocenters. The van der Waals surface area contributed by atoms with Gasteiger partial charge >= 0.3 is 0 Å². The molecule has 0 aliphatic heterocycles. The van der Waals surface area contributed by atoms with Crippen LogP contribution in [0.2, 0.25) is 0 Å². The molecule has 3 rings (SSSR count). The van der Waals surface area contributed by atoms with Crippen LogP contribution >= 0.6 is 0 Å². The van der Waals surface area contributed by atoms with Gasteiger partial charge in [0.05, 0.1) is 12.4 Å². The van der Waals surface area contributed by atoms with Gasteiger partial charge in [0.15, 0.2) is 0 Å². The van der Waals surface area contributed by atoms with Crippen LogP contribution in [0.25, 0.3) is 5.69 Å². The van der Waals surface area contributed by atoms with Crippen molar-refractivity contribution in [1.29, 1.82) is 0 Å². The lowest BCUT2D eigenvalue weighted by Gasteiger charge is -2.15. The highest BCUT2D eigenvalue weighted by atomic mass is 16.3. The van der Waals surface area contributed by atoms with Crippen LogP contribution in [0.4, 0.5) is 0 Å². The molecular weight excluding hydrogens is 290 g/mol. The Morgan fingerprint density at radius 2 is 1.83 bits per heavy atom. The number of carbonyl (C=O) groups excluding carboxylic acids is 1. The SMILES string of the molecule is C[C@@H](NC(=O)c1ccc(O)cc1)c1ccc(-n2ccnc2)cc1. The van der Waals surface area contributed by atoms with Crippen LogP contribution in [0, 0.1) is 0 Å². The summed E-state index contributed by atoms with van der Waals surface area (Å²) in [5.74, 6) is -0.0270. The normalized spacial score (nSPS) is 11.9. The maximum absolute atomic E-state index is 12.2. The molecule has 5 nitrogen and oxygen atoms in total. The second kappa shape index (κ2) is 6.36. The number of benzene rings is 2. The standard InChI is InChI=1S/C18H17N3O2/c1-13(20-18(23)15-4-8-17(22)9-5-15)14-2-6-16(7-3-14)21-11-10-19-12-21/h2-13,22H,1H3,(H,20,23)/t13-/m1/s1. The number of carbonyl (C=O) groups is 1. The minimum atomic E-state index is -0.170. The monoisotopic (exact) mass is 307 g/mol. The number of rotatable bonds is 4. The lowest BCUT2D eigenvalue weighted by Crippen LogP contribution is -2.26. The minimum absolute atomic E-state index is 0.117. The van der Waals surface area contributed by atoms with Gasteiger partial charge in [0, 0.05) is 23.6 Å². The number of hydrogen-bond donors (Lipinski definition) is 2. The van der Waals surface area contributed by atoms with E-state index in [9.17, 15) is 9.90 Å². The molecule has 0 radical (unpaired) electrons. The van der Waals surface area contributed by atoms with Crippen LogP contribution in [-0.4, -0.2) is 20.6 Å². The summed E-state index contributed by atoms with van der Waals surface area (Å²) >= 11 is 0. The maximum Gasteiger partial charge on any atom is 0.251 e. The molecule has 0 aliphatic carbocycles. The molecule has 1 amide bonds. The smallest absolute Gasteiger partial charge is 0.251 e. The lowest BCUT2D eigenvalue weighted by molar-refractivity contribution is 0.0940. The summed E-state index contributed by atoms with van der Waals surface area (Å²) in [6.45, 7) is 1.94. The van der Waals surface area contributed by atoms with Crippen molar-refractivity contribution in [1.82, 2.24) is 14.9 Å². The Bertz CT molecular complexity index is 778. The fraction of sp³-hybridized carbons (Fsp3) is 0.111. The van der Waals surface area contributed by atoms with E-state index >= 15 is 0 Å². The summed E-state index contributed by atoms with van der Waals surface area (Å²) in [6, 6.07) is 14.0. The Labute approximate surface area is 134 Å². The predicted molar refractivity (Wildman–Crippen MR) is 87.6 cm³/mol. The Morgan fingerprint density at radius 3 is 2.43 bits per heavy atom. The van der Waals surface area contributed by atoms with Crippen LogP contribution in [0.1, 0.15) is 28.9 Å². The molecular formula is C18H17N3O2. The average molecular weight is 307 g/mol. The number of hydrogen-bond acceptors (Lipinski definition) is 3. The summed E-state index contributed by atoms with van der Waals surface area (Å²) in [5.41, 5.74) is 2.55. The van der Waals surface area contributed by atoms with Gasteiger partial charge in [-0.2, -0.15) is 0 Å². The summed E-state index contributed by atoms with van der Waals surface area (Å²) in [5, 5.41) is 12.2. The molecule has 1 heterocycles. The fourth-order valence-corrected chi connectivity index (χ4v) is 2.32. The van der Waals surface area contributed by atoms with E-state index in [1.54, 1.807) is 24.7 Å². The van der Waals surface area contributed by atoms with Gasteiger partial charge in [-0.25, -0.2) is 4.98 Å². The fourth-order valence-electron chi connectivity index (χ4n) is 2.32. The molecule has 2 aromatic carbocycles. The van der Waals surface area contributed by atoms with Crippen molar-refractivity contribution in [2.24, 2.45) is 0 Å². The Morgan fingerprint density at radius 1 is 1.13 bits per heavy atom. The lowest BCUT2D eigenvalue weighted by atomic mass is 10.1. The minimum Gasteiger partial charge on any atom is -0.508 e. The van der Waals surface area contributed by atoms with E-state index in [1.165, 1.54) is 12.1 Å². The number of aromatic nitrogens is 2. The van der Waals surface area contributed by atoms with E-state index in [2.05, 4.69) is 10.3 Å². The van der Waals surface area contributed by atoms with E-state index in [-0.39, 0.29) is 17.7 Å². The highest BCUT2D eigenvalue weighted by Crippen LogP contribution is 2.17. The first-order valence-corrected chi connectivity index (χ1v) is 7.31. The zero-order valence-electron chi connectivity index (χ0n) is 12.7. The van der Waals surface area contributed by atoms with Crippen LogP contribution < -0.4 is 5.32 Å². The Kier molecular flexibility index (Phi) is 4.10. The van der Waals surface area contributed by atoms with Gasteiger partial charge < -0.3 is 15.0 Å². The van der Waals surface area contributed by atoms with E-state index in [1.807, 2.05) is 42.0 Å². The van der Waals surface area contributed by atoms with Crippen molar-refractivity contribution in [2.75, 3.05) is 0 Å². The van der Waals surface area contributed by atoms with Gasteiger partial charge in [-0.1, -0.05) is 12.1 Å². The quantitative estimate of drug-likeness (QED) is 0.778. The Balaban J connectivity index is 1.69. The van der Waals surface area contributed by atoms with Crippen molar-refractivity contribution < 1.29 is 9.90 Å². The second-order valence-electron chi connectivity index (χ2n) is 5.30. The van der Waals surface area contributed by atoms with Gasteiger partial charge in [-0.15, -0.1) is 0 Å². The highest BCUT2D eigenvalue weighted by Gasteiger charge is 2.11. The number of amides is 1. The molecule has 116 valence electrons. The van der Waals surface area contributed by atoms with E-state index in [4.69, 9.17) is 0 Å². The van der Waals surface area contributed by atoms with Gasteiger partial charge in [0.25, 0.3) is 5.91 Å². The Hall–Kier alpha value is -3.08. The van der Waals surface area contributed by atoms with Crippen molar-refractivity contribution in [2.45, 2.75) is 13.0 Å². The molecule has 23 heavy (non-hydrogen) atoms. The molecule has 0 spiro atoms. The molecule has 0 bridgehead atoms. The topological polar surface area (TPSA) is 67.2 Å². The van der Waals surface area contributed by atoms with Crippen LogP contribution in [0.5, 0.6) is 5.75 Å². The van der Waals surface area contributed by atoms with Gasteiger partial charge in [0.1, 0.15) is 5.75 Å². The van der Waals surface area contributed by atoms with Crippen molar-refractivity contribution in [3.63, 3.8) is 0 Å². The molecule has 3 aromatic rings. The first-order valence-electron chi connectivity index (χ1n) is 7.31. The molecule has 0 aliphatic rings. The number of phenols is 1. The third kappa shape index (κ3) is 3.40. The predicted octanol–water partition coefficient (Wildman–Crippen LogP) is 3.07. The number of nitrogens with zero attached hydrogens (tertiary/aromatic N) is 2. The van der Waals surface area contributed by atoms with E-state index < -0.39 is 0 Å². The van der Waals surface area contributed by atoms with Crippen LogP contribution in [-0.2, 0) is 0 Å². The van der Waals surface area contributed by atoms with E-state index in [0.717, 1.165) is 11.3 Å². The van der Waals surface area contributed by atoms with Gasteiger partial charge in [-0.3, -0.25) is 4.79 Å². The zero-order valence-corrected chi connectivity index (χ0v) is 12.7. The third-order valence-electron chi connectivity index (χ3n) is 3.67. The largest absolute Gasteiger partial charge is 0.508 e. The summed E-state index contributed by atoms with van der Waals surface area (Å²) < 4.78 is 1.92. The van der Waals surface area contributed by atoms with Crippen LogP contribution in [0.15, 0.2) is 67.3 Å². The van der Waals surface area contributed by atoms with E-state index in [0.29, 0.717) is 5.56 Å². The molecule has 2 N–H and O–H groups in total. The molecule has 0 saturated carbocycles. The summed E-state index contributed by atoms with van der Waals surface area (Å²) in [6.07, 6.45) is 5.35. The first-order chi connectivity index (χ1) is 11.1. The zero-order chi connectivity index (χ0) is 16.2. The van der Waals surface area contributed by atoms with Crippen LogP contribution in [0.3, 0.4) is 0 Å². The summed E-state index contributed by atoms with van der Waals surface area (Å²) in [4.78, 5) is 16.2. The maximum atomic E-state index is 12.2. The summed E-state index contributed by atoms with van der Waals surface area (Å²) in [7, 11) is 0. The van der Waals surface area contributed by atoms with Crippen molar-refractivity contribution in [3.8, 4) is 11.4 Å². The van der Waals surface area contributed by atoms with Gasteiger partial charge in [-0.05, 0) is 48.9 Å². The third-order valence-corrected chi connectivity index (χ3v) is 3.67. The number of aromatic hydroxyl groups is 1. The second-order valence-corrected chi connectivity index (χ2v) is 5.30. The first kappa shape index (κ1) is 14.8. The van der Waals surface area contributed by atoms with Crippen molar-refractivity contribution >= 4 is 5.91 Å². The van der Waals surface area contributed by atoms with Crippen molar-refractivity contribution in [3.05, 3.63) is 78.4 Å². The average Bonchev–Trinajstić information content (AvgIpc) is 3.10. The molecule has 0 fully saturated rings. The molecule has 1 aromatic heterocycles. The number of imidazole rings is 1. The molecule has 5 heteroatoms. The highest BCUT2D eigenvalue weighted by molar-refractivity contribution is 5.94. The number of nitrogens with one attached hydrogen (secondary N) is 1. The number of phenolic OH excluding ortho intramolecular Hbond substituents is 1. The molecule has 0 unspecified atom stereocenters.